The van der Waals surface area contributed by atoms with Gasteiger partial charge >= 0.3 is 6.09 Å². The predicted molar refractivity (Wildman–Crippen MR) is 216 cm³/mol. The van der Waals surface area contributed by atoms with E-state index < -0.39 is 16.1 Å². The van der Waals surface area contributed by atoms with Gasteiger partial charge < -0.3 is 19.3 Å². The maximum atomic E-state index is 15.5. The van der Waals surface area contributed by atoms with Gasteiger partial charge in [0, 0.05) is 24.2 Å². The summed E-state index contributed by atoms with van der Waals surface area (Å²) in [5.41, 5.74) is 3.75. The first-order chi connectivity index (χ1) is 27.6. The summed E-state index contributed by atoms with van der Waals surface area (Å²) in [6.07, 6.45) is 4.85. The molecule has 0 aliphatic carbocycles. The number of ether oxygens (including phenoxy) is 3. The molecule has 16 heteroatoms. The van der Waals surface area contributed by atoms with Crippen LogP contribution in [-0.2, 0) is 29.7 Å². The average molecular weight is 802 g/mol. The van der Waals surface area contributed by atoms with Gasteiger partial charge in [0.1, 0.15) is 22.1 Å². The molecule has 2 N–H and O–H groups in total. The molecule has 1 amide bonds. The highest BCUT2D eigenvalue weighted by atomic mass is 32.2. The van der Waals surface area contributed by atoms with Crippen LogP contribution in [0.25, 0.3) is 32.7 Å². The third kappa shape index (κ3) is 8.26. The number of carboxylic acid groups (broad SMARTS) is 1. The summed E-state index contributed by atoms with van der Waals surface area (Å²) in [5.74, 6) is 4.52. The van der Waals surface area contributed by atoms with E-state index in [-0.39, 0.29) is 46.6 Å². The second kappa shape index (κ2) is 16.5. The molecule has 14 nitrogen and oxygen atoms in total. The molecule has 0 aliphatic rings. The van der Waals surface area contributed by atoms with Gasteiger partial charge in [-0.3, -0.25) is 5.32 Å². The Balaban J connectivity index is 1.44. The largest absolute Gasteiger partial charge is 0.497 e. The topological polar surface area (TPSA) is 171 Å². The van der Waals surface area contributed by atoms with E-state index in [1.807, 2.05) is 24.3 Å². The first kappa shape index (κ1) is 38.5. The van der Waals surface area contributed by atoms with E-state index >= 15 is 8.42 Å². The number of methoxy groups -OCH3 is 3. The number of rotatable bonds is 14. The van der Waals surface area contributed by atoms with Gasteiger partial charge in [-0.05, 0) is 76.0 Å². The summed E-state index contributed by atoms with van der Waals surface area (Å²) in [4.78, 5) is 17.3. The summed E-state index contributed by atoms with van der Waals surface area (Å²) in [6, 6.07) is 30.2. The zero-order valence-corrected chi connectivity index (χ0v) is 32.5. The molecular weight excluding hydrogens is 767 g/mol. The molecule has 0 fully saturated rings. The maximum absolute atomic E-state index is 15.5. The minimum absolute atomic E-state index is 0.000788. The molecule has 0 saturated heterocycles. The van der Waals surface area contributed by atoms with E-state index in [4.69, 9.17) is 25.7 Å². The Kier molecular flexibility index (Phi) is 11.1. The fourth-order valence-corrected chi connectivity index (χ4v) is 8.89. The van der Waals surface area contributed by atoms with Crippen LogP contribution in [0.3, 0.4) is 0 Å². The minimum Gasteiger partial charge on any atom is -0.497 e. The molecule has 5 aromatic carbocycles. The van der Waals surface area contributed by atoms with Gasteiger partial charge in [-0.15, -0.1) is 16.6 Å². The van der Waals surface area contributed by atoms with Gasteiger partial charge in [-0.25, -0.2) is 18.2 Å². The SMILES string of the molecule is C#Cc1ccc(-c2cccc3sc(NC(=O)O)nc23)c(-c2nnn(Cc3ccc(OC)cc3)n2)c1S(=O)(=O)N(Cc1ccc(OC)cc1)Cc1ccc(OC)cc1. The molecule has 0 unspecified atom stereocenters. The Morgan fingerprint density at radius 2 is 1.40 bits per heavy atom. The van der Waals surface area contributed by atoms with E-state index in [0.29, 0.717) is 49.7 Å². The predicted octanol–water partition coefficient (Wildman–Crippen LogP) is 7.15. The molecule has 0 aliphatic heterocycles. The number of hydrogen-bond acceptors (Lipinski definition) is 11. The van der Waals surface area contributed by atoms with Crippen LogP contribution in [0.2, 0.25) is 0 Å². The minimum atomic E-state index is -4.51. The van der Waals surface area contributed by atoms with Gasteiger partial charge in [-0.1, -0.05) is 71.9 Å². The van der Waals surface area contributed by atoms with Crippen LogP contribution in [0, 0.1) is 12.3 Å². The molecule has 0 saturated carbocycles. The highest BCUT2D eigenvalue weighted by Crippen LogP contribution is 2.43. The van der Waals surface area contributed by atoms with Gasteiger partial charge in [-0.2, -0.15) is 9.10 Å². The molecule has 288 valence electrons. The van der Waals surface area contributed by atoms with Gasteiger partial charge in [0.25, 0.3) is 0 Å². The Bertz CT molecular complexity index is 2660. The number of anilines is 1. The van der Waals surface area contributed by atoms with Crippen LogP contribution in [0.5, 0.6) is 17.2 Å². The highest BCUT2D eigenvalue weighted by Gasteiger charge is 2.34. The fraction of sp³-hybridized carbons (Fsp3) is 0.146. The number of benzene rings is 5. The summed E-state index contributed by atoms with van der Waals surface area (Å²) in [5, 5.41) is 25.3. The van der Waals surface area contributed by atoms with Gasteiger partial charge in [0.2, 0.25) is 15.8 Å². The van der Waals surface area contributed by atoms with Crippen LogP contribution in [-0.4, -0.2) is 70.4 Å². The number of aromatic nitrogens is 5. The molecule has 7 rings (SSSR count). The molecule has 0 atom stereocenters. The number of nitrogens with one attached hydrogen (secondary N) is 1. The summed E-state index contributed by atoms with van der Waals surface area (Å²) < 4.78 is 49.0. The number of tetrazole rings is 1. The van der Waals surface area contributed by atoms with E-state index in [1.54, 1.807) is 100 Å². The van der Waals surface area contributed by atoms with Crippen LogP contribution in [0.1, 0.15) is 22.3 Å². The first-order valence-electron chi connectivity index (χ1n) is 17.3. The lowest BCUT2D eigenvalue weighted by Gasteiger charge is -2.25. The number of nitrogens with zero attached hydrogens (tertiary/aromatic N) is 6. The number of sulfonamides is 1. The van der Waals surface area contributed by atoms with Crippen molar-refractivity contribution in [3.05, 3.63) is 125 Å². The zero-order valence-electron chi connectivity index (χ0n) is 30.9. The molecule has 7 aromatic rings. The lowest BCUT2D eigenvalue weighted by Crippen LogP contribution is -2.31. The van der Waals surface area contributed by atoms with Crippen LogP contribution >= 0.6 is 11.3 Å². The lowest BCUT2D eigenvalue weighted by molar-refractivity contribution is 0.209. The molecule has 2 heterocycles. The van der Waals surface area contributed by atoms with E-state index in [2.05, 4.69) is 26.5 Å². The quantitative estimate of drug-likeness (QED) is 0.107. The fourth-order valence-electron chi connectivity index (χ4n) is 6.25. The van der Waals surface area contributed by atoms with Crippen LogP contribution in [0.15, 0.2) is 108 Å². The van der Waals surface area contributed by atoms with Crippen molar-refractivity contribution in [3.8, 4) is 52.1 Å². The van der Waals surface area contributed by atoms with Gasteiger partial charge in [0.05, 0.1) is 43.7 Å². The van der Waals surface area contributed by atoms with Gasteiger partial charge in [0.15, 0.2) is 5.13 Å². The standard InChI is InChI=1S/C41H35N7O7S2/c1-5-29-15-22-33(34-7-6-8-35-37(34)42-40(56-35)43-41(49)50)36(39-44-46-48(45-39)25-28-13-20-32(55-4)21-14-28)38(29)57(51,52)47(23-26-9-16-30(53-2)17-10-26)24-27-11-18-31(54-3)19-12-27/h1,6-22H,23-25H2,2-4H3,(H,42,43)(H,49,50). The smallest absolute Gasteiger partial charge is 0.410 e. The van der Waals surface area contributed by atoms with Crippen molar-refractivity contribution in [2.75, 3.05) is 26.6 Å². The molecule has 0 spiro atoms. The number of fused-ring (bicyclic) bond motifs is 1. The third-order valence-electron chi connectivity index (χ3n) is 9.03. The number of carbonyl (C=O) groups is 1. The second-order valence-electron chi connectivity index (χ2n) is 12.6. The van der Waals surface area contributed by atoms with E-state index in [0.717, 1.165) is 16.9 Å². The summed E-state index contributed by atoms with van der Waals surface area (Å²) >= 11 is 1.14. The average Bonchev–Trinajstić information content (AvgIpc) is 3.87. The normalized spacial score (nSPS) is 11.4. The maximum Gasteiger partial charge on any atom is 0.410 e. The monoisotopic (exact) mass is 801 g/mol. The van der Waals surface area contributed by atoms with Crippen molar-refractivity contribution in [1.82, 2.24) is 29.5 Å². The Morgan fingerprint density at radius 1 is 0.825 bits per heavy atom. The van der Waals surface area contributed by atoms with Crippen LogP contribution in [0.4, 0.5) is 9.93 Å². The number of para-hydroxylation sites is 1. The van der Waals surface area contributed by atoms with Crippen molar-refractivity contribution in [3.63, 3.8) is 0 Å². The Hall–Kier alpha value is -6.80. The molecule has 0 bridgehead atoms. The number of thiazole rings is 1. The van der Waals surface area contributed by atoms with Crippen molar-refractivity contribution in [2.24, 2.45) is 0 Å². The van der Waals surface area contributed by atoms with E-state index in [9.17, 15) is 9.90 Å². The van der Waals surface area contributed by atoms with E-state index in [1.165, 1.54) is 9.10 Å². The first-order valence-corrected chi connectivity index (χ1v) is 19.6. The number of amides is 1. The zero-order chi connectivity index (χ0) is 40.1. The van der Waals surface area contributed by atoms with Crippen molar-refractivity contribution in [1.29, 1.82) is 0 Å². The molecule has 0 radical (unpaired) electrons. The Morgan fingerprint density at radius 3 is 1.95 bits per heavy atom. The van der Waals surface area contributed by atoms with Crippen LogP contribution < -0.4 is 19.5 Å². The number of terminal acetylenes is 1. The molecular formula is C41H35N7O7S2. The lowest BCUT2D eigenvalue weighted by atomic mass is 9.96. The Labute approximate surface area is 332 Å². The van der Waals surface area contributed by atoms with Crippen molar-refractivity contribution < 1.29 is 32.5 Å². The third-order valence-corrected chi connectivity index (χ3v) is 11.8. The molecule has 57 heavy (non-hydrogen) atoms. The van der Waals surface area contributed by atoms with Crippen molar-refractivity contribution >= 4 is 42.8 Å². The number of hydrogen-bond donors (Lipinski definition) is 2. The molecule has 2 aromatic heterocycles. The summed E-state index contributed by atoms with van der Waals surface area (Å²) in [7, 11) is 0.185. The second-order valence-corrected chi connectivity index (χ2v) is 15.5. The highest BCUT2D eigenvalue weighted by molar-refractivity contribution is 7.89. The van der Waals surface area contributed by atoms with Crippen molar-refractivity contribution in [2.45, 2.75) is 24.5 Å². The summed E-state index contributed by atoms with van der Waals surface area (Å²) in [6.45, 7) is 0.154.